The van der Waals surface area contributed by atoms with Crippen molar-refractivity contribution in [2.75, 3.05) is 7.11 Å². The van der Waals surface area contributed by atoms with Gasteiger partial charge in [0, 0.05) is 4.32 Å². The quantitative estimate of drug-likeness (QED) is 0.575. The highest BCUT2D eigenvalue weighted by Crippen LogP contribution is 2.65. The van der Waals surface area contributed by atoms with Crippen LogP contribution in [-0.2, 0) is 9.53 Å². The normalized spacial score (nSPS) is 49.4. The Morgan fingerprint density at radius 3 is 2.44 bits per heavy atom. The van der Waals surface area contributed by atoms with Crippen LogP contribution in [-0.4, -0.2) is 17.4 Å². The van der Waals surface area contributed by atoms with Gasteiger partial charge >= 0.3 is 5.97 Å². The topological polar surface area (TPSA) is 26.3 Å². The Kier molecular flexibility index (Phi) is 2.40. The van der Waals surface area contributed by atoms with Gasteiger partial charge in [0.1, 0.15) is 0 Å². The molecule has 4 fully saturated rings. The van der Waals surface area contributed by atoms with E-state index in [1.54, 1.807) is 0 Å². The van der Waals surface area contributed by atoms with E-state index < -0.39 is 0 Å². The van der Waals surface area contributed by atoms with E-state index >= 15 is 0 Å². The summed E-state index contributed by atoms with van der Waals surface area (Å²) in [6.45, 7) is 0. The molecule has 0 amide bonds. The number of esters is 1. The number of hydrogen-bond donors (Lipinski definition) is 0. The summed E-state index contributed by atoms with van der Waals surface area (Å²) in [7, 11) is 1.51. The van der Waals surface area contributed by atoms with Crippen molar-refractivity contribution in [2.45, 2.75) is 49.3 Å². The predicted molar refractivity (Wildman–Crippen MR) is 65.4 cm³/mol. The van der Waals surface area contributed by atoms with Gasteiger partial charge in [0.2, 0.25) is 0 Å². The Morgan fingerprint density at radius 1 is 1.31 bits per heavy atom. The van der Waals surface area contributed by atoms with Gasteiger partial charge in [0.25, 0.3) is 0 Å². The minimum atomic E-state index is -0.0157. The summed E-state index contributed by atoms with van der Waals surface area (Å²) in [4.78, 5) is 11.6. The van der Waals surface area contributed by atoms with E-state index in [9.17, 15) is 4.79 Å². The molecule has 0 aromatic heterocycles. The van der Waals surface area contributed by atoms with Crippen LogP contribution < -0.4 is 0 Å². The van der Waals surface area contributed by atoms with E-state index in [0.717, 1.165) is 11.8 Å². The highest BCUT2D eigenvalue weighted by atomic mass is 79.9. The van der Waals surface area contributed by atoms with Gasteiger partial charge in [0.05, 0.1) is 13.5 Å². The average molecular weight is 287 g/mol. The Labute approximate surface area is 105 Å². The molecule has 4 bridgehead atoms. The van der Waals surface area contributed by atoms with Crippen molar-refractivity contribution < 1.29 is 9.53 Å². The van der Waals surface area contributed by atoms with E-state index in [2.05, 4.69) is 15.9 Å². The van der Waals surface area contributed by atoms with Gasteiger partial charge in [-0.3, -0.25) is 4.79 Å². The van der Waals surface area contributed by atoms with Crippen molar-refractivity contribution in [1.29, 1.82) is 0 Å². The number of methoxy groups -OCH3 is 1. The lowest BCUT2D eigenvalue weighted by molar-refractivity contribution is -0.148. The van der Waals surface area contributed by atoms with Crippen LogP contribution in [0.4, 0.5) is 0 Å². The molecule has 0 heterocycles. The molecule has 90 valence electrons. The van der Waals surface area contributed by atoms with Crippen LogP contribution in [0.1, 0.15) is 44.9 Å². The third kappa shape index (κ3) is 1.71. The zero-order valence-corrected chi connectivity index (χ0v) is 11.4. The Bertz CT molecular complexity index is 312. The zero-order chi connectivity index (χ0) is 11.4. The van der Waals surface area contributed by atoms with Gasteiger partial charge in [-0.05, 0) is 55.8 Å². The first-order chi connectivity index (χ1) is 7.53. The van der Waals surface area contributed by atoms with Gasteiger partial charge in [-0.2, -0.15) is 0 Å². The molecule has 4 aliphatic rings. The van der Waals surface area contributed by atoms with Crippen molar-refractivity contribution in [3.8, 4) is 0 Å². The SMILES string of the molecule is COC(=O)CC12CC3CC(CC(Br)(C3)C1)C2. The molecule has 0 radical (unpaired) electrons. The zero-order valence-electron chi connectivity index (χ0n) is 9.80. The molecule has 2 unspecified atom stereocenters. The van der Waals surface area contributed by atoms with Gasteiger partial charge in [-0.1, -0.05) is 15.9 Å². The second kappa shape index (κ2) is 3.47. The highest BCUT2D eigenvalue weighted by molar-refractivity contribution is 9.10. The lowest BCUT2D eigenvalue weighted by Gasteiger charge is -2.60. The van der Waals surface area contributed by atoms with Crippen LogP contribution in [0.15, 0.2) is 0 Å². The van der Waals surface area contributed by atoms with Crippen LogP contribution in [0.5, 0.6) is 0 Å². The monoisotopic (exact) mass is 286 g/mol. The first kappa shape index (κ1) is 11.1. The Hall–Kier alpha value is -0.0500. The van der Waals surface area contributed by atoms with Crippen LogP contribution in [0.25, 0.3) is 0 Å². The second-order valence-electron chi connectivity index (χ2n) is 6.36. The van der Waals surface area contributed by atoms with E-state index in [1.807, 2.05) is 0 Å². The van der Waals surface area contributed by atoms with Crippen LogP contribution in [0.3, 0.4) is 0 Å². The van der Waals surface area contributed by atoms with Crippen LogP contribution in [0.2, 0.25) is 0 Å². The summed E-state index contributed by atoms with van der Waals surface area (Å²) in [5, 5.41) is 0. The maximum Gasteiger partial charge on any atom is 0.306 e. The largest absolute Gasteiger partial charge is 0.469 e. The molecule has 0 N–H and O–H groups in total. The number of ether oxygens (including phenoxy) is 1. The molecule has 0 aromatic rings. The summed E-state index contributed by atoms with van der Waals surface area (Å²) in [6.07, 6.45) is 8.39. The van der Waals surface area contributed by atoms with E-state index in [-0.39, 0.29) is 11.4 Å². The van der Waals surface area contributed by atoms with Gasteiger partial charge < -0.3 is 4.74 Å². The molecule has 2 atom stereocenters. The third-order valence-corrected chi connectivity index (χ3v) is 5.79. The highest BCUT2D eigenvalue weighted by Gasteiger charge is 2.57. The van der Waals surface area contributed by atoms with Crippen molar-refractivity contribution in [3.63, 3.8) is 0 Å². The molecule has 16 heavy (non-hydrogen) atoms. The smallest absolute Gasteiger partial charge is 0.306 e. The molecule has 3 heteroatoms. The first-order valence-electron chi connectivity index (χ1n) is 6.28. The third-order valence-electron chi connectivity index (χ3n) is 4.86. The van der Waals surface area contributed by atoms with Crippen LogP contribution in [0, 0.1) is 17.3 Å². The van der Waals surface area contributed by atoms with Crippen molar-refractivity contribution in [3.05, 3.63) is 0 Å². The average Bonchev–Trinajstić information content (AvgIpc) is 2.12. The van der Waals surface area contributed by atoms with Crippen LogP contribution >= 0.6 is 15.9 Å². The first-order valence-corrected chi connectivity index (χ1v) is 7.08. The fourth-order valence-corrected chi connectivity index (χ4v) is 6.43. The number of rotatable bonds is 2. The minimum absolute atomic E-state index is 0.0157. The van der Waals surface area contributed by atoms with Gasteiger partial charge in [-0.15, -0.1) is 0 Å². The molecular formula is C13H19BrO2. The summed E-state index contributed by atoms with van der Waals surface area (Å²) in [6, 6.07) is 0. The van der Waals surface area contributed by atoms with Crippen molar-refractivity contribution in [2.24, 2.45) is 17.3 Å². The van der Waals surface area contributed by atoms with Crippen molar-refractivity contribution in [1.82, 2.24) is 0 Å². The summed E-state index contributed by atoms with van der Waals surface area (Å²) >= 11 is 3.95. The molecule has 4 saturated carbocycles. The number of carbonyl (C=O) groups excluding carboxylic acids is 1. The molecule has 4 rings (SSSR count). The predicted octanol–water partition coefficient (Wildman–Crippen LogP) is 3.28. The maximum atomic E-state index is 11.6. The number of carbonyl (C=O) groups is 1. The maximum absolute atomic E-state index is 11.6. The Balaban J connectivity index is 1.83. The van der Waals surface area contributed by atoms with Gasteiger partial charge in [-0.25, -0.2) is 0 Å². The molecule has 2 nitrogen and oxygen atoms in total. The van der Waals surface area contributed by atoms with Gasteiger partial charge in [0.15, 0.2) is 0 Å². The molecule has 0 saturated heterocycles. The summed E-state index contributed by atoms with van der Waals surface area (Å²) < 4.78 is 5.22. The Morgan fingerprint density at radius 2 is 1.94 bits per heavy atom. The standard InChI is InChI=1S/C13H19BrO2/c1-16-11(15)7-12-3-9-2-10(4-12)6-13(14,5-9)8-12/h9-10H,2-8H2,1H3. The summed E-state index contributed by atoms with van der Waals surface area (Å²) in [5.41, 5.74) is 0.265. The lowest BCUT2D eigenvalue weighted by atomic mass is 9.49. The molecule has 0 aliphatic heterocycles. The number of hydrogen-bond acceptors (Lipinski definition) is 2. The molecule has 4 aliphatic carbocycles. The molecule has 0 spiro atoms. The lowest BCUT2D eigenvalue weighted by Crippen LogP contribution is -2.53. The fraction of sp³-hybridized carbons (Fsp3) is 0.923. The van der Waals surface area contributed by atoms with Crippen molar-refractivity contribution >= 4 is 21.9 Å². The molecular weight excluding hydrogens is 268 g/mol. The molecule has 0 aromatic carbocycles. The number of alkyl halides is 1. The van der Waals surface area contributed by atoms with E-state index in [0.29, 0.717) is 10.7 Å². The fourth-order valence-electron chi connectivity index (χ4n) is 4.92. The summed E-state index contributed by atoms with van der Waals surface area (Å²) in [5.74, 6) is 1.69. The second-order valence-corrected chi connectivity index (χ2v) is 8.05. The van der Waals surface area contributed by atoms with E-state index in [1.165, 1.54) is 45.6 Å². The minimum Gasteiger partial charge on any atom is -0.469 e. The van der Waals surface area contributed by atoms with E-state index in [4.69, 9.17) is 4.74 Å². The number of halogens is 1.